The average molecular weight is 331 g/mol. The van der Waals surface area contributed by atoms with E-state index in [0.29, 0.717) is 0 Å². The smallest absolute Gasteiger partial charge is 0.227 e. The zero-order valence-electron chi connectivity index (χ0n) is 14.9. The third kappa shape index (κ3) is 4.28. The van der Waals surface area contributed by atoms with Gasteiger partial charge >= 0.3 is 0 Å². The van der Waals surface area contributed by atoms with Gasteiger partial charge in [0, 0.05) is 38.6 Å². The Hall–Kier alpha value is -1.59. The van der Waals surface area contributed by atoms with Crippen molar-refractivity contribution in [1.82, 2.24) is 9.80 Å². The lowest BCUT2D eigenvalue weighted by Crippen LogP contribution is -2.43. The van der Waals surface area contributed by atoms with Gasteiger partial charge in [0.15, 0.2) is 0 Å². The number of nitrogens with zero attached hydrogens (tertiary/aromatic N) is 2. The molecule has 3 rings (SSSR count). The summed E-state index contributed by atoms with van der Waals surface area (Å²) in [6, 6.07) is 6.14. The van der Waals surface area contributed by atoms with Crippen molar-refractivity contribution in [2.75, 3.05) is 45.7 Å². The van der Waals surface area contributed by atoms with E-state index in [9.17, 15) is 4.79 Å². The number of ether oxygens (including phenoxy) is 1. The second-order valence-electron chi connectivity index (χ2n) is 7.08. The number of amides is 1. The number of benzene rings is 1. The van der Waals surface area contributed by atoms with Crippen molar-refractivity contribution >= 4 is 11.6 Å². The second kappa shape index (κ2) is 7.99. The molecule has 0 atom stereocenters. The van der Waals surface area contributed by atoms with Gasteiger partial charge in [-0.2, -0.15) is 0 Å². The quantitative estimate of drug-likeness (QED) is 0.901. The molecule has 1 aliphatic heterocycles. The monoisotopic (exact) mass is 331 g/mol. The number of hydrogen-bond donors (Lipinski definition) is 1. The topological polar surface area (TPSA) is 44.8 Å². The highest BCUT2D eigenvalue weighted by molar-refractivity contribution is 5.94. The summed E-state index contributed by atoms with van der Waals surface area (Å²) in [4.78, 5) is 17.3. The van der Waals surface area contributed by atoms with E-state index in [2.05, 4.69) is 34.3 Å². The molecule has 1 amide bonds. The first kappa shape index (κ1) is 17.2. The minimum Gasteiger partial charge on any atom is -0.495 e. The van der Waals surface area contributed by atoms with Gasteiger partial charge in [-0.1, -0.05) is 18.9 Å². The third-order valence-corrected chi connectivity index (χ3v) is 5.25. The average Bonchev–Trinajstić information content (AvgIpc) is 3.12. The molecule has 5 heteroatoms. The molecule has 1 aromatic carbocycles. The Morgan fingerprint density at radius 1 is 1.21 bits per heavy atom. The van der Waals surface area contributed by atoms with Crippen LogP contribution in [0.5, 0.6) is 5.75 Å². The van der Waals surface area contributed by atoms with Crippen LogP contribution in [-0.2, 0) is 11.3 Å². The van der Waals surface area contributed by atoms with Crippen LogP contribution in [0.2, 0.25) is 0 Å². The molecule has 1 heterocycles. The Morgan fingerprint density at radius 2 is 1.92 bits per heavy atom. The molecule has 5 nitrogen and oxygen atoms in total. The van der Waals surface area contributed by atoms with Crippen molar-refractivity contribution < 1.29 is 9.53 Å². The van der Waals surface area contributed by atoms with E-state index in [1.165, 1.54) is 18.4 Å². The molecule has 0 aromatic heterocycles. The predicted octanol–water partition coefficient (Wildman–Crippen LogP) is 2.57. The molecule has 1 saturated carbocycles. The Bertz CT molecular complexity index is 562. The van der Waals surface area contributed by atoms with E-state index in [0.717, 1.165) is 57.0 Å². The zero-order valence-corrected chi connectivity index (χ0v) is 14.9. The first-order valence-corrected chi connectivity index (χ1v) is 9.04. The molecule has 0 unspecified atom stereocenters. The van der Waals surface area contributed by atoms with Gasteiger partial charge in [0.2, 0.25) is 5.91 Å². The maximum Gasteiger partial charge on any atom is 0.227 e. The van der Waals surface area contributed by atoms with E-state index < -0.39 is 0 Å². The molecule has 2 aliphatic rings. The number of nitrogens with one attached hydrogen (secondary N) is 1. The fraction of sp³-hybridized carbons (Fsp3) is 0.632. The van der Waals surface area contributed by atoms with Gasteiger partial charge in [0.05, 0.1) is 12.8 Å². The molecule has 1 N–H and O–H groups in total. The molecule has 1 aliphatic carbocycles. The summed E-state index contributed by atoms with van der Waals surface area (Å²) < 4.78 is 5.43. The molecule has 1 saturated heterocycles. The van der Waals surface area contributed by atoms with Crippen LogP contribution in [0.25, 0.3) is 0 Å². The van der Waals surface area contributed by atoms with Crippen LogP contribution in [-0.4, -0.2) is 56.0 Å². The highest BCUT2D eigenvalue weighted by atomic mass is 16.5. The summed E-state index contributed by atoms with van der Waals surface area (Å²) in [6.45, 7) is 5.32. The van der Waals surface area contributed by atoms with Crippen molar-refractivity contribution in [2.24, 2.45) is 5.92 Å². The van der Waals surface area contributed by atoms with Gasteiger partial charge in [-0.15, -0.1) is 0 Å². The number of carbonyl (C=O) groups is 1. The van der Waals surface area contributed by atoms with Crippen molar-refractivity contribution in [3.8, 4) is 5.75 Å². The summed E-state index contributed by atoms with van der Waals surface area (Å²) in [5, 5.41) is 3.10. The number of methoxy groups -OCH3 is 1. The Balaban J connectivity index is 1.67. The Morgan fingerprint density at radius 3 is 2.58 bits per heavy atom. The van der Waals surface area contributed by atoms with Gasteiger partial charge in [-0.05, 0) is 37.6 Å². The maximum atomic E-state index is 12.4. The van der Waals surface area contributed by atoms with E-state index in [1.54, 1.807) is 7.11 Å². The summed E-state index contributed by atoms with van der Waals surface area (Å²) in [6.07, 6.45) is 4.35. The van der Waals surface area contributed by atoms with Crippen molar-refractivity contribution in [3.63, 3.8) is 0 Å². The largest absolute Gasteiger partial charge is 0.495 e. The number of likely N-dealkylation sites (N-methyl/N-ethyl adjacent to an activating group) is 1. The third-order valence-electron chi connectivity index (χ3n) is 5.25. The van der Waals surface area contributed by atoms with Gasteiger partial charge < -0.3 is 15.0 Å². The summed E-state index contributed by atoms with van der Waals surface area (Å²) in [5.74, 6) is 1.04. The molecule has 0 spiro atoms. The number of piperazine rings is 1. The van der Waals surface area contributed by atoms with Gasteiger partial charge in [0.25, 0.3) is 0 Å². The lowest BCUT2D eigenvalue weighted by molar-refractivity contribution is -0.119. The molecule has 0 radical (unpaired) electrons. The summed E-state index contributed by atoms with van der Waals surface area (Å²) >= 11 is 0. The predicted molar refractivity (Wildman–Crippen MR) is 96.4 cm³/mol. The first-order chi connectivity index (χ1) is 11.7. The van der Waals surface area contributed by atoms with Crippen LogP contribution in [0.15, 0.2) is 18.2 Å². The molecule has 24 heavy (non-hydrogen) atoms. The van der Waals surface area contributed by atoms with E-state index >= 15 is 0 Å². The number of rotatable bonds is 5. The summed E-state index contributed by atoms with van der Waals surface area (Å²) in [7, 11) is 3.82. The lowest BCUT2D eigenvalue weighted by atomic mass is 10.1. The van der Waals surface area contributed by atoms with Crippen LogP contribution in [0.1, 0.15) is 31.2 Å². The fourth-order valence-electron chi connectivity index (χ4n) is 3.64. The van der Waals surface area contributed by atoms with Gasteiger partial charge in [0.1, 0.15) is 5.75 Å². The summed E-state index contributed by atoms with van der Waals surface area (Å²) in [5.41, 5.74) is 2.03. The van der Waals surface area contributed by atoms with Crippen molar-refractivity contribution in [3.05, 3.63) is 23.8 Å². The van der Waals surface area contributed by atoms with Crippen molar-refractivity contribution in [2.45, 2.75) is 32.2 Å². The van der Waals surface area contributed by atoms with Crippen LogP contribution in [0, 0.1) is 5.92 Å². The van der Waals surface area contributed by atoms with E-state index in [-0.39, 0.29) is 11.8 Å². The highest BCUT2D eigenvalue weighted by Gasteiger charge is 2.23. The van der Waals surface area contributed by atoms with Gasteiger partial charge in [-0.3, -0.25) is 9.69 Å². The molecule has 1 aromatic rings. The van der Waals surface area contributed by atoms with Crippen LogP contribution in [0.3, 0.4) is 0 Å². The second-order valence-corrected chi connectivity index (χ2v) is 7.08. The van der Waals surface area contributed by atoms with Crippen molar-refractivity contribution in [1.29, 1.82) is 0 Å². The SMILES string of the molecule is COc1ccc(CN2CCN(C)CC2)cc1NC(=O)C1CCCC1. The Kier molecular flexibility index (Phi) is 5.74. The van der Waals surface area contributed by atoms with Crippen LogP contribution in [0.4, 0.5) is 5.69 Å². The maximum absolute atomic E-state index is 12.4. The van der Waals surface area contributed by atoms with E-state index in [4.69, 9.17) is 4.74 Å². The van der Waals surface area contributed by atoms with E-state index in [1.807, 2.05) is 6.07 Å². The Labute approximate surface area is 145 Å². The van der Waals surface area contributed by atoms with Gasteiger partial charge in [-0.25, -0.2) is 0 Å². The number of carbonyl (C=O) groups excluding carboxylic acids is 1. The standard InChI is InChI=1S/C19H29N3O2/c1-21-9-11-22(12-10-21)14-15-7-8-18(24-2)17(13-15)20-19(23)16-5-3-4-6-16/h7-8,13,16H,3-6,9-12,14H2,1-2H3,(H,20,23). The minimum atomic E-state index is 0.141. The molecular weight excluding hydrogens is 302 g/mol. The zero-order chi connectivity index (χ0) is 16.9. The normalized spacial score (nSPS) is 20.2. The van der Waals surface area contributed by atoms with Crippen LogP contribution >= 0.6 is 0 Å². The minimum absolute atomic E-state index is 0.141. The fourth-order valence-corrected chi connectivity index (χ4v) is 3.64. The first-order valence-electron chi connectivity index (χ1n) is 9.04. The molecule has 132 valence electrons. The molecule has 0 bridgehead atoms. The highest BCUT2D eigenvalue weighted by Crippen LogP contribution is 2.30. The molecule has 2 fully saturated rings. The van der Waals surface area contributed by atoms with Crippen LogP contribution < -0.4 is 10.1 Å². The number of hydrogen-bond acceptors (Lipinski definition) is 4. The lowest BCUT2D eigenvalue weighted by Gasteiger charge is -2.32. The number of anilines is 1. The molecular formula is C19H29N3O2.